The number of hydrogen-bond donors (Lipinski definition) is 2. The summed E-state index contributed by atoms with van der Waals surface area (Å²) in [5, 5.41) is 13.8. The van der Waals surface area contributed by atoms with Crippen molar-refractivity contribution >= 4 is 33.3 Å². The van der Waals surface area contributed by atoms with Gasteiger partial charge in [-0.1, -0.05) is 6.07 Å². The van der Waals surface area contributed by atoms with E-state index in [0.29, 0.717) is 27.8 Å². The van der Waals surface area contributed by atoms with Crippen LogP contribution in [0.1, 0.15) is 0 Å². The summed E-state index contributed by atoms with van der Waals surface area (Å²) in [6, 6.07) is 7.98. The predicted molar refractivity (Wildman–Crippen MR) is 75.8 cm³/mol. The van der Waals surface area contributed by atoms with Gasteiger partial charge < -0.3 is 19.6 Å². The third-order valence-corrected chi connectivity index (χ3v) is 3.44. The molecule has 0 radical (unpaired) electrons. The fraction of sp³-hybridized carbons (Fsp3) is 0.0667. The summed E-state index contributed by atoms with van der Waals surface area (Å²) in [6.07, 6.45) is 0. The van der Waals surface area contributed by atoms with Crippen molar-refractivity contribution in [2.24, 2.45) is 0 Å². The molecule has 0 aliphatic carbocycles. The second-order valence-corrected chi connectivity index (χ2v) is 4.77. The molecule has 4 rings (SSSR count). The molecule has 0 unspecified atom stereocenters. The van der Waals surface area contributed by atoms with E-state index in [0.717, 1.165) is 0 Å². The molecule has 0 fully saturated rings. The van der Waals surface area contributed by atoms with E-state index in [9.17, 15) is 14.7 Å². The maximum atomic E-state index is 12.2. The number of phenolic OH excluding ortho intramolecular Hbond substituents is 1. The molecule has 1 aromatic heterocycles. The normalized spacial score (nSPS) is 13.8. The zero-order valence-electron chi connectivity index (χ0n) is 10.7. The number of rotatable bonds is 0. The summed E-state index contributed by atoms with van der Waals surface area (Å²) in [5.74, 6) is 0.0687. The Balaban J connectivity index is 2.16. The lowest BCUT2D eigenvalue weighted by molar-refractivity contribution is -0.118. The van der Waals surface area contributed by atoms with Crippen molar-refractivity contribution in [1.29, 1.82) is 0 Å². The Bertz CT molecular complexity index is 973. The third-order valence-electron chi connectivity index (χ3n) is 3.44. The van der Waals surface area contributed by atoms with Crippen LogP contribution < -0.4 is 15.7 Å². The molecular formula is C15H9NO5. The van der Waals surface area contributed by atoms with Crippen molar-refractivity contribution < 1.29 is 19.1 Å². The number of benzene rings is 2. The molecule has 0 saturated carbocycles. The molecule has 1 aliphatic heterocycles. The van der Waals surface area contributed by atoms with Crippen LogP contribution in [0.4, 0.5) is 5.69 Å². The van der Waals surface area contributed by atoms with Crippen LogP contribution in [0.2, 0.25) is 0 Å². The van der Waals surface area contributed by atoms with Crippen molar-refractivity contribution in [3.05, 3.63) is 40.8 Å². The van der Waals surface area contributed by atoms with Crippen LogP contribution in [-0.4, -0.2) is 17.6 Å². The first-order valence-corrected chi connectivity index (χ1v) is 6.29. The minimum Gasteiger partial charge on any atom is -0.508 e. The number of fused-ring (bicyclic) bond motifs is 5. The average molecular weight is 283 g/mol. The molecule has 2 N–H and O–H groups in total. The van der Waals surface area contributed by atoms with Gasteiger partial charge in [0, 0.05) is 16.8 Å². The Morgan fingerprint density at radius 3 is 2.76 bits per heavy atom. The first-order valence-electron chi connectivity index (χ1n) is 6.29. The van der Waals surface area contributed by atoms with E-state index in [2.05, 4.69) is 5.32 Å². The molecule has 2 aromatic carbocycles. The van der Waals surface area contributed by atoms with Crippen LogP contribution in [-0.2, 0) is 4.79 Å². The van der Waals surface area contributed by atoms with E-state index in [-0.39, 0.29) is 23.6 Å². The van der Waals surface area contributed by atoms with Crippen LogP contribution in [0.3, 0.4) is 0 Å². The van der Waals surface area contributed by atoms with Gasteiger partial charge in [0.1, 0.15) is 16.7 Å². The Morgan fingerprint density at radius 2 is 1.90 bits per heavy atom. The first kappa shape index (κ1) is 11.8. The fourth-order valence-electron chi connectivity index (χ4n) is 2.55. The van der Waals surface area contributed by atoms with Crippen LogP contribution in [0.5, 0.6) is 11.5 Å². The minimum absolute atomic E-state index is 0.0199. The second kappa shape index (κ2) is 3.99. The molecule has 1 aliphatic rings. The van der Waals surface area contributed by atoms with Crippen molar-refractivity contribution in [1.82, 2.24) is 0 Å². The molecule has 0 bridgehead atoms. The molecule has 6 heteroatoms. The SMILES string of the molecule is O=C1COc2c(ccc3c2c(=O)oc2cc(O)ccc23)N1. The third kappa shape index (κ3) is 1.66. The molecule has 0 saturated heterocycles. The number of amides is 1. The van der Waals surface area contributed by atoms with E-state index in [1.165, 1.54) is 12.1 Å². The summed E-state index contributed by atoms with van der Waals surface area (Å²) in [5.41, 5.74) is 0.174. The van der Waals surface area contributed by atoms with E-state index < -0.39 is 5.63 Å². The summed E-state index contributed by atoms with van der Waals surface area (Å²) >= 11 is 0. The highest BCUT2D eigenvalue weighted by Crippen LogP contribution is 2.37. The van der Waals surface area contributed by atoms with Gasteiger partial charge >= 0.3 is 5.63 Å². The van der Waals surface area contributed by atoms with Crippen molar-refractivity contribution in [2.45, 2.75) is 0 Å². The molecule has 0 spiro atoms. The Labute approximate surface area is 117 Å². The van der Waals surface area contributed by atoms with Gasteiger partial charge in [-0.25, -0.2) is 4.79 Å². The van der Waals surface area contributed by atoms with Crippen LogP contribution in [0.25, 0.3) is 21.7 Å². The number of aromatic hydroxyl groups is 1. The largest absolute Gasteiger partial charge is 0.508 e. The monoisotopic (exact) mass is 283 g/mol. The minimum atomic E-state index is -0.573. The Hall–Kier alpha value is -3.02. The van der Waals surface area contributed by atoms with E-state index >= 15 is 0 Å². The van der Waals surface area contributed by atoms with Crippen molar-refractivity contribution in [2.75, 3.05) is 11.9 Å². The lowest BCUT2D eigenvalue weighted by Gasteiger charge is -2.19. The van der Waals surface area contributed by atoms with Gasteiger partial charge in [0.05, 0.1) is 5.69 Å². The van der Waals surface area contributed by atoms with E-state index in [4.69, 9.17) is 9.15 Å². The topological polar surface area (TPSA) is 88.8 Å². The van der Waals surface area contributed by atoms with Gasteiger partial charge in [-0.15, -0.1) is 0 Å². The number of nitrogens with one attached hydrogen (secondary N) is 1. The number of carbonyl (C=O) groups is 1. The quantitative estimate of drug-likeness (QED) is 0.486. The number of phenols is 1. The summed E-state index contributed by atoms with van der Waals surface area (Å²) in [6.45, 7) is -0.140. The lowest BCUT2D eigenvalue weighted by atomic mass is 10.1. The maximum absolute atomic E-state index is 12.2. The van der Waals surface area contributed by atoms with Crippen molar-refractivity contribution in [3.8, 4) is 11.5 Å². The molecule has 1 amide bonds. The molecule has 21 heavy (non-hydrogen) atoms. The summed E-state index contributed by atoms with van der Waals surface area (Å²) in [7, 11) is 0. The highest BCUT2D eigenvalue weighted by atomic mass is 16.5. The van der Waals surface area contributed by atoms with Gasteiger partial charge in [-0.05, 0) is 18.2 Å². The summed E-state index contributed by atoms with van der Waals surface area (Å²) < 4.78 is 10.6. The zero-order valence-corrected chi connectivity index (χ0v) is 10.7. The fourth-order valence-corrected chi connectivity index (χ4v) is 2.55. The number of ether oxygens (including phenoxy) is 1. The number of anilines is 1. The van der Waals surface area contributed by atoms with Gasteiger partial charge in [-0.3, -0.25) is 4.79 Å². The van der Waals surface area contributed by atoms with Gasteiger partial charge in [0.2, 0.25) is 0 Å². The number of hydrogen-bond acceptors (Lipinski definition) is 5. The average Bonchev–Trinajstić information content (AvgIpc) is 2.46. The zero-order chi connectivity index (χ0) is 14.6. The Morgan fingerprint density at radius 1 is 1.10 bits per heavy atom. The van der Waals surface area contributed by atoms with Crippen LogP contribution in [0, 0.1) is 0 Å². The molecule has 2 heterocycles. The second-order valence-electron chi connectivity index (χ2n) is 4.77. The molecule has 0 atom stereocenters. The molecule has 104 valence electrons. The van der Waals surface area contributed by atoms with Gasteiger partial charge in [0.15, 0.2) is 12.4 Å². The summed E-state index contributed by atoms with van der Waals surface area (Å²) in [4.78, 5) is 23.5. The first-order chi connectivity index (χ1) is 10.1. The highest BCUT2D eigenvalue weighted by Gasteiger charge is 2.22. The van der Waals surface area contributed by atoms with E-state index in [1.807, 2.05) is 0 Å². The van der Waals surface area contributed by atoms with Crippen LogP contribution >= 0.6 is 0 Å². The van der Waals surface area contributed by atoms with Crippen LogP contribution in [0.15, 0.2) is 39.5 Å². The van der Waals surface area contributed by atoms with Crippen molar-refractivity contribution in [3.63, 3.8) is 0 Å². The molecule has 6 nitrogen and oxygen atoms in total. The highest BCUT2D eigenvalue weighted by molar-refractivity contribution is 6.10. The van der Waals surface area contributed by atoms with E-state index in [1.54, 1.807) is 18.2 Å². The van der Waals surface area contributed by atoms with Gasteiger partial charge in [0.25, 0.3) is 5.91 Å². The maximum Gasteiger partial charge on any atom is 0.348 e. The molecular weight excluding hydrogens is 274 g/mol. The lowest BCUT2D eigenvalue weighted by Crippen LogP contribution is -2.26. The standard InChI is InChI=1S/C15H9NO5/c17-7-1-2-8-9-3-4-10-14(20-6-12(18)16-10)13(9)15(19)21-11(8)5-7/h1-5,17H,6H2,(H,16,18). The number of carbonyl (C=O) groups excluding carboxylic acids is 1. The van der Waals surface area contributed by atoms with Gasteiger partial charge in [-0.2, -0.15) is 0 Å². The predicted octanol–water partition coefficient (Wildman–Crippen LogP) is 1.98. The smallest absolute Gasteiger partial charge is 0.348 e. The Kier molecular flexibility index (Phi) is 2.24. The molecule has 3 aromatic rings.